The van der Waals surface area contributed by atoms with Crippen molar-refractivity contribution in [3.05, 3.63) is 28.3 Å². The van der Waals surface area contributed by atoms with Gasteiger partial charge < -0.3 is 10.2 Å². The third-order valence-electron chi connectivity index (χ3n) is 3.86. The molecule has 0 radical (unpaired) electrons. The minimum absolute atomic E-state index is 0.0187. The van der Waals surface area contributed by atoms with Crippen LogP contribution in [0.4, 0.5) is 11.4 Å². The lowest BCUT2D eigenvalue weighted by Gasteiger charge is -2.32. The number of sulfone groups is 1. The topological polar surface area (TPSA) is 110 Å². The molecular weight excluding hydrogens is 334 g/mol. The van der Waals surface area contributed by atoms with E-state index in [1.54, 1.807) is 4.90 Å². The van der Waals surface area contributed by atoms with Crippen LogP contribution in [0.3, 0.4) is 0 Å². The van der Waals surface area contributed by atoms with Crippen LogP contribution in [-0.4, -0.2) is 48.5 Å². The van der Waals surface area contributed by atoms with Crippen molar-refractivity contribution in [2.75, 3.05) is 18.1 Å². The smallest absolute Gasteiger partial charge is 0.288 e. The minimum atomic E-state index is -3.74. The summed E-state index contributed by atoms with van der Waals surface area (Å²) in [6.07, 6.45) is 1.22. The highest BCUT2D eigenvalue weighted by Crippen LogP contribution is 2.29. The first kappa shape index (κ1) is 18.2. The predicted octanol–water partition coefficient (Wildman–Crippen LogP) is 1.81. The summed E-state index contributed by atoms with van der Waals surface area (Å²) in [6.45, 7) is 6.33. The van der Waals surface area contributed by atoms with E-state index in [0.29, 0.717) is 18.7 Å². The molecular formula is C15H21N3O5S. The Labute approximate surface area is 140 Å². The number of benzene rings is 1. The fourth-order valence-corrected chi connectivity index (χ4v) is 3.60. The van der Waals surface area contributed by atoms with Crippen molar-refractivity contribution in [3.63, 3.8) is 0 Å². The number of rotatable bonds is 4. The highest BCUT2D eigenvalue weighted by molar-refractivity contribution is 7.90. The molecule has 1 fully saturated rings. The molecule has 1 saturated heterocycles. The summed E-state index contributed by atoms with van der Waals surface area (Å²) in [7, 11) is -3.74. The van der Waals surface area contributed by atoms with E-state index in [1.807, 2.05) is 20.8 Å². The maximum atomic E-state index is 12.1. The predicted molar refractivity (Wildman–Crippen MR) is 89.7 cm³/mol. The van der Waals surface area contributed by atoms with Crippen molar-refractivity contribution in [1.29, 1.82) is 0 Å². The van der Waals surface area contributed by atoms with Gasteiger partial charge in [-0.2, -0.15) is 0 Å². The fraction of sp³-hybridized carbons (Fsp3) is 0.533. The first-order valence-corrected chi connectivity index (χ1v) is 9.34. The summed E-state index contributed by atoms with van der Waals surface area (Å²) < 4.78 is 23.6. The Bertz CT molecular complexity index is 783. The molecule has 1 atom stereocenters. The first-order chi connectivity index (χ1) is 10.9. The normalized spacial score (nSPS) is 18.8. The Morgan fingerprint density at radius 3 is 2.42 bits per heavy atom. The van der Waals surface area contributed by atoms with Gasteiger partial charge in [-0.15, -0.1) is 0 Å². The Kier molecular flexibility index (Phi) is 4.58. The maximum absolute atomic E-state index is 12.1. The summed E-state index contributed by atoms with van der Waals surface area (Å²) >= 11 is 0. The van der Waals surface area contributed by atoms with Gasteiger partial charge in [0, 0.05) is 36.5 Å². The standard InChI is InChI=1S/C15H21N3O5S/c1-15(2,3)17-9-11(8-14(17)19)16-10-5-6-12(18(20)21)13(7-10)24(4,22)23/h5-7,11,16H,8-9H2,1-4H3. The van der Waals surface area contributed by atoms with Crippen LogP contribution in [0, 0.1) is 10.1 Å². The molecule has 1 N–H and O–H groups in total. The highest BCUT2D eigenvalue weighted by Gasteiger charge is 2.36. The second-order valence-electron chi connectivity index (χ2n) is 6.93. The van der Waals surface area contributed by atoms with Gasteiger partial charge in [0.2, 0.25) is 5.91 Å². The van der Waals surface area contributed by atoms with Gasteiger partial charge in [0.1, 0.15) is 4.90 Å². The van der Waals surface area contributed by atoms with Gasteiger partial charge in [0.05, 0.1) is 11.0 Å². The van der Waals surface area contributed by atoms with E-state index in [-0.39, 0.29) is 22.4 Å². The quantitative estimate of drug-likeness (QED) is 0.651. The lowest BCUT2D eigenvalue weighted by atomic mass is 10.1. The lowest BCUT2D eigenvalue weighted by molar-refractivity contribution is -0.387. The van der Waals surface area contributed by atoms with Gasteiger partial charge in [-0.05, 0) is 32.9 Å². The highest BCUT2D eigenvalue weighted by atomic mass is 32.2. The Hall–Kier alpha value is -2.16. The van der Waals surface area contributed by atoms with Crippen LogP contribution in [0.5, 0.6) is 0 Å². The van der Waals surface area contributed by atoms with Gasteiger partial charge in [0.15, 0.2) is 9.84 Å². The molecule has 1 aromatic rings. The number of nitro benzene ring substituents is 1. The van der Waals surface area contributed by atoms with Crippen LogP contribution in [0.2, 0.25) is 0 Å². The molecule has 2 rings (SSSR count). The number of amides is 1. The molecule has 1 unspecified atom stereocenters. The summed E-state index contributed by atoms with van der Waals surface area (Å²) in [5, 5.41) is 14.1. The number of nitro groups is 1. The first-order valence-electron chi connectivity index (χ1n) is 7.45. The Morgan fingerprint density at radius 1 is 1.33 bits per heavy atom. The zero-order valence-electron chi connectivity index (χ0n) is 14.1. The molecule has 1 aromatic carbocycles. The molecule has 0 spiro atoms. The minimum Gasteiger partial charge on any atom is -0.380 e. The summed E-state index contributed by atoms with van der Waals surface area (Å²) in [4.78, 5) is 23.8. The van der Waals surface area contributed by atoms with E-state index < -0.39 is 20.4 Å². The number of carbonyl (C=O) groups excluding carboxylic acids is 1. The zero-order chi connectivity index (χ0) is 18.3. The second kappa shape index (κ2) is 6.04. The van der Waals surface area contributed by atoms with E-state index in [1.165, 1.54) is 12.1 Å². The van der Waals surface area contributed by atoms with Crippen LogP contribution in [0.1, 0.15) is 27.2 Å². The number of anilines is 1. The van der Waals surface area contributed by atoms with E-state index in [9.17, 15) is 23.3 Å². The molecule has 8 nitrogen and oxygen atoms in total. The van der Waals surface area contributed by atoms with Gasteiger partial charge in [-0.25, -0.2) is 8.42 Å². The SMILES string of the molecule is CC(C)(C)N1CC(Nc2ccc([N+](=O)[O-])c(S(C)(=O)=O)c2)CC1=O. The maximum Gasteiger partial charge on any atom is 0.288 e. The molecule has 1 amide bonds. The van der Waals surface area contributed by atoms with E-state index in [4.69, 9.17) is 0 Å². The summed E-state index contributed by atoms with van der Waals surface area (Å²) in [6, 6.07) is 3.69. The van der Waals surface area contributed by atoms with Crippen molar-refractivity contribution >= 4 is 27.1 Å². The molecule has 0 saturated carbocycles. The largest absolute Gasteiger partial charge is 0.380 e. The number of likely N-dealkylation sites (tertiary alicyclic amines) is 1. The van der Waals surface area contributed by atoms with Crippen molar-refractivity contribution < 1.29 is 18.1 Å². The molecule has 0 bridgehead atoms. The molecule has 9 heteroatoms. The third-order valence-corrected chi connectivity index (χ3v) is 4.99. The van der Waals surface area contributed by atoms with Crippen molar-refractivity contribution in [2.24, 2.45) is 0 Å². The molecule has 24 heavy (non-hydrogen) atoms. The monoisotopic (exact) mass is 355 g/mol. The Morgan fingerprint density at radius 2 is 1.96 bits per heavy atom. The van der Waals surface area contributed by atoms with Gasteiger partial charge in [-0.1, -0.05) is 0 Å². The molecule has 1 heterocycles. The molecule has 132 valence electrons. The van der Waals surface area contributed by atoms with E-state index in [2.05, 4.69) is 5.32 Å². The van der Waals surface area contributed by atoms with Gasteiger partial charge >= 0.3 is 0 Å². The molecule has 1 aliphatic heterocycles. The summed E-state index contributed by atoms with van der Waals surface area (Å²) in [5.74, 6) is 0.0187. The fourth-order valence-electron chi connectivity index (χ4n) is 2.74. The van der Waals surface area contributed by atoms with Crippen LogP contribution < -0.4 is 5.32 Å². The van der Waals surface area contributed by atoms with Crippen molar-refractivity contribution in [2.45, 2.75) is 43.7 Å². The van der Waals surface area contributed by atoms with Crippen LogP contribution in [0.25, 0.3) is 0 Å². The van der Waals surface area contributed by atoms with Crippen LogP contribution in [0.15, 0.2) is 23.1 Å². The average molecular weight is 355 g/mol. The molecule has 0 aliphatic carbocycles. The molecule has 0 aromatic heterocycles. The van der Waals surface area contributed by atoms with E-state index >= 15 is 0 Å². The van der Waals surface area contributed by atoms with Gasteiger partial charge in [-0.3, -0.25) is 14.9 Å². The van der Waals surface area contributed by atoms with Crippen LogP contribution >= 0.6 is 0 Å². The lowest BCUT2D eigenvalue weighted by Crippen LogP contribution is -2.43. The molecule has 1 aliphatic rings. The van der Waals surface area contributed by atoms with Gasteiger partial charge in [0.25, 0.3) is 5.69 Å². The Balaban J connectivity index is 2.26. The second-order valence-corrected chi connectivity index (χ2v) is 8.92. The number of nitrogens with zero attached hydrogens (tertiary/aromatic N) is 2. The van der Waals surface area contributed by atoms with Crippen molar-refractivity contribution in [3.8, 4) is 0 Å². The number of hydrogen-bond acceptors (Lipinski definition) is 6. The summed E-state index contributed by atoms with van der Waals surface area (Å²) in [5.41, 5.74) is -0.308. The number of nitrogens with one attached hydrogen (secondary N) is 1. The zero-order valence-corrected chi connectivity index (χ0v) is 14.9. The van der Waals surface area contributed by atoms with Crippen LogP contribution in [-0.2, 0) is 14.6 Å². The van der Waals surface area contributed by atoms with Crippen molar-refractivity contribution in [1.82, 2.24) is 4.90 Å². The third kappa shape index (κ3) is 3.84. The number of carbonyl (C=O) groups is 1. The number of hydrogen-bond donors (Lipinski definition) is 1. The average Bonchev–Trinajstić information content (AvgIpc) is 2.78. The van der Waals surface area contributed by atoms with E-state index in [0.717, 1.165) is 12.3 Å².